The molecular formula is C10H18. The molecule has 10 heavy (non-hydrogen) atoms. The van der Waals surface area contributed by atoms with Gasteiger partial charge in [0.05, 0.1) is 0 Å². The Balaban J connectivity index is 1.87. The molecule has 2 unspecified atom stereocenters. The minimum absolute atomic E-state index is 0.799. The summed E-state index contributed by atoms with van der Waals surface area (Å²) in [7, 11) is 0. The van der Waals surface area contributed by atoms with Gasteiger partial charge in [0.15, 0.2) is 0 Å². The van der Waals surface area contributed by atoms with E-state index in [2.05, 4.69) is 27.7 Å². The molecule has 2 atom stereocenters. The molecule has 0 heterocycles. The van der Waals surface area contributed by atoms with Crippen molar-refractivity contribution in [1.82, 2.24) is 0 Å². The summed E-state index contributed by atoms with van der Waals surface area (Å²) in [6, 6.07) is 0. The molecule has 2 fully saturated rings. The molecule has 0 aromatic heterocycles. The highest BCUT2D eigenvalue weighted by Crippen LogP contribution is 2.82. The second-order valence-electron chi connectivity index (χ2n) is 5.01. The number of fused-ring (bicyclic) bond motifs is 1. The first-order valence-corrected chi connectivity index (χ1v) is 4.57. The molecule has 0 bridgehead atoms. The van der Waals surface area contributed by atoms with Crippen molar-refractivity contribution in [3.8, 4) is 0 Å². The molecule has 2 saturated carbocycles. The van der Waals surface area contributed by atoms with Crippen LogP contribution in [0.3, 0.4) is 0 Å². The van der Waals surface area contributed by atoms with E-state index in [9.17, 15) is 0 Å². The second kappa shape index (κ2) is 1.60. The first kappa shape index (κ1) is 6.69. The third kappa shape index (κ3) is 0.627. The lowest BCUT2D eigenvalue weighted by atomic mass is 9.84. The highest BCUT2D eigenvalue weighted by molar-refractivity contribution is 5.25. The zero-order valence-corrected chi connectivity index (χ0v) is 7.52. The fourth-order valence-corrected chi connectivity index (χ4v) is 3.33. The van der Waals surface area contributed by atoms with E-state index in [1.54, 1.807) is 0 Å². The van der Waals surface area contributed by atoms with Gasteiger partial charge in [0.1, 0.15) is 0 Å². The Hall–Kier alpha value is 0. The minimum Gasteiger partial charge on any atom is -0.0628 e. The quantitative estimate of drug-likeness (QED) is 0.550. The molecule has 58 valence electrons. The summed E-state index contributed by atoms with van der Waals surface area (Å²) in [6.07, 6.45) is 1.46. The predicted molar refractivity (Wildman–Crippen MR) is 43.7 cm³/mol. The summed E-state index contributed by atoms with van der Waals surface area (Å²) in [5, 5.41) is 0. The van der Waals surface area contributed by atoms with Crippen LogP contribution < -0.4 is 0 Å². The Morgan fingerprint density at radius 2 is 1.80 bits per heavy atom. The molecule has 0 aliphatic heterocycles. The van der Waals surface area contributed by atoms with E-state index in [0.717, 1.165) is 29.1 Å². The van der Waals surface area contributed by atoms with Gasteiger partial charge in [-0.1, -0.05) is 27.7 Å². The zero-order valence-electron chi connectivity index (χ0n) is 7.52. The summed E-state index contributed by atoms with van der Waals surface area (Å²) in [5.41, 5.74) is 0.799. The maximum absolute atomic E-state index is 2.47. The highest BCUT2D eigenvalue weighted by Gasteiger charge is 2.78. The molecule has 2 rings (SSSR count). The van der Waals surface area contributed by atoms with Crippen molar-refractivity contribution in [2.45, 2.75) is 34.1 Å². The largest absolute Gasteiger partial charge is 0.0628 e. The first-order valence-electron chi connectivity index (χ1n) is 4.57. The van der Waals surface area contributed by atoms with Gasteiger partial charge >= 0.3 is 0 Å². The Morgan fingerprint density at radius 3 is 2.10 bits per heavy atom. The lowest BCUT2D eigenvalue weighted by Crippen LogP contribution is -2.13. The number of hydrogen-bond donors (Lipinski definition) is 0. The molecule has 0 radical (unpaired) electrons. The van der Waals surface area contributed by atoms with Gasteiger partial charge in [0.2, 0.25) is 0 Å². The Kier molecular flexibility index (Phi) is 1.07. The van der Waals surface area contributed by atoms with Gasteiger partial charge in [-0.3, -0.25) is 0 Å². The third-order valence-corrected chi connectivity index (χ3v) is 3.64. The fourth-order valence-electron chi connectivity index (χ4n) is 3.33. The van der Waals surface area contributed by atoms with Crippen LogP contribution in [0.5, 0.6) is 0 Å². The van der Waals surface area contributed by atoms with Gasteiger partial charge in [-0.15, -0.1) is 0 Å². The lowest BCUT2D eigenvalue weighted by molar-refractivity contribution is 0.278. The summed E-state index contributed by atoms with van der Waals surface area (Å²) in [4.78, 5) is 0. The summed E-state index contributed by atoms with van der Waals surface area (Å²) in [5.74, 6) is 4.26. The maximum atomic E-state index is 2.47. The van der Waals surface area contributed by atoms with E-state index in [1.807, 2.05) is 0 Å². The normalized spacial score (nSPS) is 56.7. The Morgan fingerprint density at radius 1 is 1.30 bits per heavy atom. The van der Waals surface area contributed by atoms with E-state index < -0.39 is 0 Å². The van der Waals surface area contributed by atoms with E-state index in [4.69, 9.17) is 0 Å². The molecule has 0 aromatic carbocycles. The summed E-state index contributed by atoms with van der Waals surface area (Å²) in [6.45, 7) is 9.56. The smallest absolute Gasteiger partial charge is 0.0256 e. The van der Waals surface area contributed by atoms with Crippen LogP contribution in [-0.4, -0.2) is 0 Å². The third-order valence-electron chi connectivity index (χ3n) is 3.64. The van der Waals surface area contributed by atoms with Crippen molar-refractivity contribution in [3.05, 3.63) is 0 Å². The van der Waals surface area contributed by atoms with Crippen molar-refractivity contribution in [3.63, 3.8) is 0 Å². The maximum Gasteiger partial charge on any atom is -0.0256 e. The molecule has 2 aliphatic rings. The lowest BCUT2D eigenvalue weighted by Gasteiger charge is -2.21. The van der Waals surface area contributed by atoms with Crippen molar-refractivity contribution in [2.24, 2.45) is 29.1 Å². The molecule has 0 aromatic rings. The van der Waals surface area contributed by atoms with Crippen molar-refractivity contribution < 1.29 is 0 Å². The van der Waals surface area contributed by atoms with Crippen molar-refractivity contribution in [1.29, 1.82) is 0 Å². The Labute approximate surface area is 64.0 Å². The van der Waals surface area contributed by atoms with Crippen LogP contribution in [0.25, 0.3) is 0 Å². The van der Waals surface area contributed by atoms with E-state index >= 15 is 0 Å². The molecule has 0 heteroatoms. The monoisotopic (exact) mass is 138 g/mol. The molecule has 0 N–H and O–H groups in total. The van der Waals surface area contributed by atoms with Crippen LogP contribution in [0.15, 0.2) is 0 Å². The van der Waals surface area contributed by atoms with Gasteiger partial charge in [-0.05, 0) is 35.5 Å². The SMILES string of the molecule is CC(C)CC1(C)C2C(C)C21. The average molecular weight is 138 g/mol. The van der Waals surface area contributed by atoms with E-state index in [1.165, 1.54) is 6.42 Å². The first-order chi connectivity index (χ1) is 4.57. The Bertz CT molecular complexity index is 147. The number of rotatable bonds is 2. The van der Waals surface area contributed by atoms with Crippen molar-refractivity contribution >= 4 is 0 Å². The van der Waals surface area contributed by atoms with Crippen molar-refractivity contribution in [2.75, 3.05) is 0 Å². The van der Waals surface area contributed by atoms with Gasteiger partial charge in [0.25, 0.3) is 0 Å². The zero-order chi connectivity index (χ0) is 7.52. The molecule has 0 spiro atoms. The molecule has 2 aliphatic carbocycles. The fraction of sp³-hybridized carbons (Fsp3) is 1.00. The summed E-state index contributed by atoms with van der Waals surface area (Å²) >= 11 is 0. The van der Waals surface area contributed by atoms with Crippen LogP contribution >= 0.6 is 0 Å². The van der Waals surface area contributed by atoms with Crippen LogP contribution in [0, 0.1) is 29.1 Å². The van der Waals surface area contributed by atoms with Crippen LogP contribution in [-0.2, 0) is 0 Å². The average Bonchev–Trinajstić information content (AvgIpc) is 2.55. The molecular weight excluding hydrogens is 120 g/mol. The van der Waals surface area contributed by atoms with E-state index in [0.29, 0.717) is 0 Å². The molecule has 0 nitrogen and oxygen atoms in total. The van der Waals surface area contributed by atoms with Crippen LogP contribution in [0.2, 0.25) is 0 Å². The number of hydrogen-bond acceptors (Lipinski definition) is 0. The minimum atomic E-state index is 0.799. The van der Waals surface area contributed by atoms with Crippen LogP contribution in [0.1, 0.15) is 34.1 Å². The highest BCUT2D eigenvalue weighted by atomic mass is 14.8. The van der Waals surface area contributed by atoms with E-state index in [-0.39, 0.29) is 0 Å². The van der Waals surface area contributed by atoms with Gasteiger partial charge in [-0.2, -0.15) is 0 Å². The predicted octanol–water partition coefficient (Wildman–Crippen LogP) is 2.93. The van der Waals surface area contributed by atoms with Gasteiger partial charge < -0.3 is 0 Å². The van der Waals surface area contributed by atoms with Crippen LogP contribution in [0.4, 0.5) is 0 Å². The standard InChI is InChI=1S/C10H18/c1-6(2)5-10(4)8-7(3)9(8)10/h6-9H,5H2,1-4H3. The van der Waals surface area contributed by atoms with Gasteiger partial charge in [0, 0.05) is 0 Å². The topological polar surface area (TPSA) is 0 Å². The summed E-state index contributed by atoms with van der Waals surface area (Å²) < 4.78 is 0. The molecule has 0 amide bonds. The second-order valence-corrected chi connectivity index (χ2v) is 5.01. The van der Waals surface area contributed by atoms with Gasteiger partial charge in [-0.25, -0.2) is 0 Å². The molecule has 0 saturated heterocycles.